The molecule has 2 N–H and O–H groups in total. The van der Waals surface area contributed by atoms with Crippen LogP contribution in [0.5, 0.6) is 0 Å². The lowest BCUT2D eigenvalue weighted by atomic mass is 9.82. The van der Waals surface area contributed by atoms with Gasteiger partial charge in [0.1, 0.15) is 11.4 Å². The third kappa shape index (κ3) is 3.22. The van der Waals surface area contributed by atoms with Crippen LogP contribution in [0.3, 0.4) is 0 Å². The van der Waals surface area contributed by atoms with Gasteiger partial charge in [0, 0.05) is 31.2 Å². The lowest BCUT2D eigenvalue weighted by molar-refractivity contribution is -0.133. The van der Waals surface area contributed by atoms with E-state index in [0.29, 0.717) is 23.7 Å². The smallest absolute Gasteiger partial charge is 0.236 e. The van der Waals surface area contributed by atoms with Crippen molar-refractivity contribution in [3.63, 3.8) is 0 Å². The van der Waals surface area contributed by atoms with Crippen molar-refractivity contribution in [1.82, 2.24) is 15.2 Å². The lowest BCUT2D eigenvalue weighted by Gasteiger charge is -2.42. The minimum Gasteiger partial charge on any atom is -0.353 e. The molecule has 1 aromatic carbocycles. The van der Waals surface area contributed by atoms with Crippen LogP contribution in [0.25, 0.3) is 11.1 Å². The molecule has 2 aliphatic heterocycles. The highest BCUT2D eigenvalue weighted by Gasteiger charge is 2.57. The number of pyridine rings is 1. The van der Waals surface area contributed by atoms with Crippen LogP contribution in [0.2, 0.25) is 5.02 Å². The van der Waals surface area contributed by atoms with E-state index >= 15 is 0 Å². The molecule has 0 saturated carbocycles. The number of halogens is 1. The summed E-state index contributed by atoms with van der Waals surface area (Å²) in [5, 5.41) is 23.5. The Kier molecular flexibility index (Phi) is 4.88. The Morgan fingerprint density at radius 3 is 2.91 bits per heavy atom. The number of aromatic nitrogens is 1. The van der Waals surface area contributed by atoms with Crippen molar-refractivity contribution in [3.8, 4) is 17.2 Å². The number of fused-ring (bicyclic) bond motifs is 1. The highest BCUT2D eigenvalue weighted by atomic mass is 35.5. The maximum atomic E-state index is 13.2. The molecular weight excluding hydrogens is 444 g/mol. The van der Waals surface area contributed by atoms with E-state index in [0.717, 1.165) is 21.8 Å². The Balaban J connectivity index is 1.57. The number of benzene rings is 1. The average molecular weight is 463 g/mol. The van der Waals surface area contributed by atoms with Gasteiger partial charge in [-0.25, -0.2) is 4.98 Å². The first-order chi connectivity index (χ1) is 15.4. The number of nitrogens with zero attached hydrogens (tertiary/aromatic N) is 4. The standard InChI is InChI=1S/C23H19ClN6OS/c1-29-21(31)18-11-30(20-6-5-17(24)10-27-20)13-23(18,28-22(29)26)19-8-16(12-32-19)15-4-2-3-14(7-15)9-25/h2-8,10,12,18H,11,13H2,1H3,(H2,26,28)/t18?,23-/m0/s1. The fraction of sp³-hybridized carbons (Fsp3) is 0.217. The van der Waals surface area contributed by atoms with E-state index in [2.05, 4.69) is 27.3 Å². The minimum atomic E-state index is -0.738. The maximum absolute atomic E-state index is 13.2. The Labute approximate surface area is 194 Å². The molecule has 0 spiro atoms. The van der Waals surface area contributed by atoms with Crippen LogP contribution in [-0.2, 0) is 10.3 Å². The zero-order valence-corrected chi connectivity index (χ0v) is 18.7. The SMILES string of the molecule is CN1C(=N)N[C@@]2(c3cc(-c4cccc(C#N)c4)cs3)CN(c3ccc(Cl)cn3)CC2C1=O. The number of guanidine groups is 1. The maximum Gasteiger partial charge on any atom is 0.236 e. The number of nitrogens with one attached hydrogen (secondary N) is 2. The number of amides is 1. The zero-order chi connectivity index (χ0) is 22.5. The summed E-state index contributed by atoms with van der Waals surface area (Å²) in [5.41, 5.74) is 1.79. The van der Waals surface area contributed by atoms with Crippen LogP contribution in [0.4, 0.5) is 5.82 Å². The second kappa shape index (κ2) is 7.62. The molecular formula is C23H19ClN6OS. The van der Waals surface area contributed by atoms with Crippen LogP contribution in [0, 0.1) is 22.7 Å². The van der Waals surface area contributed by atoms with Gasteiger partial charge in [0.05, 0.1) is 22.6 Å². The molecule has 3 aromatic rings. The van der Waals surface area contributed by atoms with Crippen LogP contribution < -0.4 is 10.2 Å². The molecule has 2 aliphatic rings. The normalized spacial score (nSPS) is 22.5. The number of thiophene rings is 1. The van der Waals surface area contributed by atoms with E-state index in [4.69, 9.17) is 17.0 Å². The summed E-state index contributed by atoms with van der Waals surface area (Å²) < 4.78 is 0. The Morgan fingerprint density at radius 1 is 1.31 bits per heavy atom. The van der Waals surface area contributed by atoms with Crippen molar-refractivity contribution in [2.75, 3.05) is 25.0 Å². The van der Waals surface area contributed by atoms with Gasteiger partial charge < -0.3 is 10.2 Å². The van der Waals surface area contributed by atoms with Crippen LogP contribution in [0.1, 0.15) is 10.4 Å². The minimum absolute atomic E-state index is 0.0820. The largest absolute Gasteiger partial charge is 0.353 e. The molecule has 160 valence electrons. The second-order valence-electron chi connectivity index (χ2n) is 8.00. The number of nitriles is 1. The van der Waals surface area contributed by atoms with Gasteiger partial charge in [-0.3, -0.25) is 15.1 Å². The van der Waals surface area contributed by atoms with E-state index < -0.39 is 5.54 Å². The molecule has 2 aromatic heterocycles. The van der Waals surface area contributed by atoms with Crippen molar-refractivity contribution in [2.24, 2.45) is 5.92 Å². The van der Waals surface area contributed by atoms with Gasteiger partial charge in [-0.1, -0.05) is 23.7 Å². The van der Waals surface area contributed by atoms with E-state index in [1.807, 2.05) is 29.6 Å². The first-order valence-electron chi connectivity index (χ1n) is 10.0. The van der Waals surface area contributed by atoms with Gasteiger partial charge in [0.15, 0.2) is 5.96 Å². The number of rotatable bonds is 3. The molecule has 7 nitrogen and oxygen atoms in total. The number of carbonyl (C=O) groups excluding carboxylic acids is 1. The molecule has 2 atom stereocenters. The molecule has 4 heterocycles. The first-order valence-corrected chi connectivity index (χ1v) is 11.3. The summed E-state index contributed by atoms with van der Waals surface area (Å²) in [6, 6.07) is 15.3. The van der Waals surface area contributed by atoms with Crippen molar-refractivity contribution >= 4 is 40.6 Å². The molecule has 9 heteroatoms. The summed E-state index contributed by atoms with van der Waals surface area (Å²) in [5.74, 6) is 0.353. The molecule has 1 amide bonds. The van der Waals surface area contributed by atoms with Crippen molar-refractivity contribution in [1.29, 1.82) is 10.7 Å². The Morgan fingerprint density at radius 2 is 2.16 bits per heavy atom. The van der Waals surface area contributed by atoms with Gasteiger partial charge in [-0.2, -0.15) is 5.26 Å². The van der Waals surface area contributed by atoms with Crippen LogP contribution in [-0.4, -0.2) is 41.9 Å². The van der Waals surface area contributed by atoms with E-state index in [9.17, 15) is 10.1 Å². The summed E-state index contributed by atoms with van der Waals surface area (Å²) in [6.45, 7) is 0.974. The van der Waals surface area contributed by atoms with Crippen LogP contribution in [0.15, 0.2) is 54.0 Å². The van der Waals surface area contributed by atoms with Crippen molar-refractivity contribution in [3.05, 3.63) is 69.5 Å². The summed E-state index contributed by atoms with van der Waals surface area (Å²) >= 11 is 7.56. The summed E-state index contributed by atoms with van der Waals surface area (Å²) in [7, 11) is 1.62. The molecule has 32 heavy (non-hydrogen) atoms. The van der Waals surface area contributed by atoms with Gasteiger partial charge in [0.2, 0.25) is 5.91 Å². The third-order valence-corrected chi connectivity index (χ3v) is 7.47. The third-order valence-electron chi connectivity index (χ3n) is 6.14. The van der Waals surface area contributed by atoms with E-state index in [-0.39, 0.29) is 17.8 Å². The predicted molar refractivity (Wildman–Crippen MR) is 125 cm³/mol. The van der Waals surface area contributed by atoms with Gasteiger partial charge in [0.25, 0.3) is 0 Å². The monoisotopic (exact) mass is 462 g/mol. The van der Waals surface area contributed by atoms with Gasteiger partial charge in [-0.05, 0) is 46.8 Å². The predicted octanol–water partition coefficient (Wildman–Crippen LogP) is 3.66. The Bertz CT molecular complexity index is 1270. The molecule has 0 aliphatic carbocycles. The highest BCUT2D eigenvalue weighted by molar-refractivity contribution is 7.10. The summed E-state index contributed by atoms with van der Waals surface area (Å²) in [4.78, 5) is 22.1. The lowest BCUT2D eigenvalue weighted by Crippen LogP contribution is -2.64. The molecule has 1 unspecified atom stereocenters. The summed E-state index contributed by atoms with van der Waals surface area (Å²) in [6.07, 6.45) is 1.60. The van der Waals surface area contributed by atoms with E-state index in [1.54, 1.807) is 36.7 Å². The second-order valence-corrected chi connectivity index (χ2v) is 9.35. The molecule has 5 rings (SSSR count). The molecule has 2 fully saturated rings. The molecule has 0 bridgehead atoms. The van der Waals surface area contributed by atoms with Crippen molar-refractivity contribution in [2.45, 2.75) is 5.54 Å². The average Bonchev–Trinajstić information content (AvgIpc) is 3.45. The zero-order valence-electron chi connectivity index (χ0n) is 17.2. The molecule has 2 saturated heterocycles. The number of hydrogen-bond acceptors (Lipinski definition) is 6. The topological polar surface area (TPSA) is 96.1 Å². The first kappa shape index (κ1) is 20.5. The number of anilines is 1. The van der Waals surface area contributed by atoms with E-state index in [1.165, 1.54) is 4.90 Å². The van der Waals surface area contributed by atoms with Crippen LogP contribution >= 0.6 is 22.9 Å². The molecule has 0 radical (unpaired) electrons. The van der Waals surface area contributed by atoms with Crippen molar-refractivity contribution < 1.29 is 4.79 Å². The fourth-order valence-electron chi connectivity index (χ4n) is 4.44. The highest BCUT2D eigenvalue weighted by Crippen LogP contribution is 2.45. The number of carbonyl (C=O) groups is 1. The quantitative estimate of drug-likeness (QED) is 0.619. The van der Waals surface area contributed by atoms with Gasteiger partial charge >= 0.3 is 0 Å². The number of hydrogen-bond donors (Lipinski definition) is 2. The fourth-order valence-corrected chi connectivity index (χ4v) is 5.67. The van der Waals surface area contributed by atoms with Gasteiger partial charge in [-0.15, -0.1) is 11.3 Å². The Hall–Kier alpha value is -3.41.